The number of benzene rings is 2. The fraction of sp³-hybridized carbons (Fsp3) is 0. The van der Waals surface area contributed by atoms with Crippen molar-refractivity contribution in [2.24, 2.45) is 5.84 Å². The lowest BCUT2D eigenvalue weighted by atomic mass is 10.2. The first-order chi connectivity index (χ1) is 8.24. The van der Waals surface area contributed by atoms with E-state index < -0.39 is 0 Å². The quantitative estimate of drug-likeness (QED) is 0.396. The van der Waals surface area contributed by atoms with Gasteiger partial charge in [0.1, 0.15) is 5.75 Å². The van der Waals surface area contributed by atoms with Gasteiger partial charge in [0, 0.05) is 5.56 Å². The number of hydrazine groups is 1. The molecule has 0 aliphatic carbocycles. The molecule has 0 fully saturated rings. The van der Waals surface area contributed by atoms with Gasteiger partial charge in [0.2, 0.25) is 0 Å². The highest BCUT2D eigenvalue weighted by Gasteiger charge is 1.98. The SMILES string of the molecule is NNC(=O)c1ccccc1.Oc1ccccc1. The Balaban J connectivity index is 0.000000181. The number of aromatic hydroxyl groups is 1. The van der Waals surface area contributed by atoms with E-state index in [4.69, 9.17) is 10.9 Å². The minimum atomic E-state index is -0.263. The predicted octanol–water partition coefficient (Wildman–Crippen LogP) is 1.68. The van der Waals surface area contributed by atoms with Crippen molar-refractivity contribution in [3.63, 3.8) is 0 Å². The number of nitrogens with two attached hydrogens (primary N) is 1. The summed E-state index contributed by atoms with van der Waals surface area (Å²) in [6, 6.07) is 17.5. The van der Waals surface area contributed by atoms with Crippen molar-refractivity contribution in [3.05, 3.63) is 66.2 Å². The summed E-state index contributed by atoms with van der Waals surface area (Å²) in [5.74, 6) is 4.96. The molecule has 4 heteroatoms. The second-order valence-corrected chi connectivity index (χ2v) is 3.18. The van der Waals surface area contributed by atoms with Gasteiger partial charge in [0.25, 0.3) is 5.91 Å². The van der Waals surface area contributed by atoms with E-state index >= 15 is 0 Å². The van der Waals surface area contributed by atoms with E-state index in [9.17, 15) is 4.79 Å². The summed E-state index contributed by atoms with van der Waals surface area (Å²) in [4.78, 5) is 10.8. The molecule has 1 amide bonds. The maximum absolute atomic E-state index is 10.8. The van der Waals surface area contributed by atoms with Crippen molar-refractivity contribution in [2.75, 3.05) is 0 Å². The molecule has 0 aliphatic heterocycles. The molecule has 0 atom stereocenters. The average molecular weight is 230 g/mol. The second-order valence-electron chi connectivity index (χ2n) is 3.18. The van der Waals surface area contributed by atoms with Crippen molar-refractivity contribution in [2.45, 2.75) is 0 Å². The van der Waals surface area contributed by atoms with Crippen LogP contribution in [0.25, 0.3) is 0 Å². The van der Waals surface area contributed by atoms with Gasteiger partial charge < -0.3 is 5.11 Å². The molecule has 2 aromatic rings. The van der Waals surface area contributed by atoms with E-state index in [0.717, 1.165) is 0 Å². The Kier molecular flexibility index (Phi) is 5.27. The Labute approximate surface area is 99.7 Å². The van der Waals surface area contributed by atoms with Crippen LogP contribution in [0.5, 0.6) is 5.75 Å². The maximum Gasteiger partial charge on any atom is 0.265 e. The molecular weight excluding hydrogens is 216 g/mol. The molecule has 0 saturated carbocycles. The number of carbonyl (C=O) groups is 1. The third kappa shape index (κ3) is 4.81. The van der Waals surface area contributed by atoms with Gasteiger partial charge in [0.15, 0.2) is 0 Å². The number of nitrogens with one attached hydrogen (secondary N) is 1. The first-order valence-corrected chi connectivity index (χ1v) is 5.04. The molecule has 0 heterocycles. The van der Waals surface area contributed by atoms with E-state index in [2.05, 4.69) is 0 Å². The Morgan fingerprint density at radius 1 is 0.941 bits per heavy atom. The van der Waals surface area contributed by atoms with Gasteiger partial charge in [-0.25, -0.2) is 5.84 Å². The van der Waals surface area contributed by atoms with E-state index in [1.165, 1.54) is 0 Å². The fourth-order valence-corrected chi connectivity index (χ4v) is 1.10. The molecule has 0 aliphatic rings. The number of phenolic OH excluding ortho intramolecular Hbond substituents is 1. The van der Waals surface area contributed by atoms with E-state index in [0.29, 0.717) is 11.3 Å². The van der Waals surface area contributed by atoms with Crippen LogP contribution < -0.4 is 11.3 Å². The number of rotatable bonds is 1. The van der Waals surface area contributed by atoms with Crippen LogP contribution in [0.3, 0.4) is 0 Å². The summed E-state index contributed by atoms with van der Waals surface area (Å²) in [6.07, 6.45) is 0. The van der Waals surface area contributed by atoms with Crippen molar-refractivity contribution in [1.82, 2.24) is 5.43 Å². The van der Waals surface area contributed by atoms with Gasteiger partial charge in [-0.1, -0.05) is 36.4 Å². The Morgan fingerprint density at radius 2 is 1.41 bits per heavy atom. The molecule has 17 heavy (non-hydrogen) atoms. The van der Waals surface area contributed by atoms with Crippen molar-refractivity contribution < 1.29 is 9.90 Å². The van der Waals surface area contributed by atoms with Gasteiger partial charge >= 0.3 is 0 Å². The molecular formula is C13H14N2O2. The minimum Gasteiger partial charge on any atom is -0.508 e. The summed E-state index contributed by atoms with van der Waals surface area (Å²) in [5, 5.41) is 8.63. The third-order valence-electron chi connectivity index (χ3n) is 1.92. The van der Waals surface area contributed by atoms with Crippen LogP contribution >= 0.6 is 0 Å². The zero-order valence-electron chi connectivity index (χ0n) is 9.21. The number of phenols is 1. The summed E-state index contributed by atoms with van der Waals surface area (Å²) < 4.78 is 0. The first kappa shape index (κ1) is 12.7. The Morgan fingerprint density at radius 3 is 1.76 bits per heavy atom. The molecule has 88 valence electrons. The van der Waals surface area contributed by atoms with E-state index in [-0.39, 0.29) is 5.91 Å². The number of amides is 1. The highest BCUT2D eigenvalue weighted by molar-refractivity contribution is 5.93. The molecule has 4 nitrogen and oxygen atoms in total. The lowest BCUT2D eigenvalue weighted by molar-refractivity contribution is 0.0953. The zero-order valence-corrected chi connectivity index (χ0v) is 9.21. The largest absolute Gasteiger partial charge is 0.508 e. The van der Waals surface area contributed by atoms with Crippen LogP contribution in [0.15, 0.2) is 60.7 Å². The van der Waals surface area contributed by atoms with E-state index in [1.54, 1.807) is 48.5 Å². The second kappa shape index (κ2) is 7.03. The first-order valence-electron chi connectivity index (χ1n) is 5.04. The number of hydrogen-bond donors (Lipinski definition) is 3. The van der Waals surface area contributed by atoms with Crippen LogP contribution in [0.2, 0.25) is 0 Å². The summed E-state index contributed by atoms with van der Waals surface area (Å²) in [7, 11) is 0. The van der Waals surface area contributed by atoms with Crippen molar-refractivity contribution in [3.8, 4) is 5.75 Å². The molecule has 2 rings (SSSR count). The number of hydrogen-bond acceptors (Lipinski definition) is 3. The molecule has 0 spiro atoms. The lowest BCUT2D eigenvalue weighted by Gasteiger charge is -1.95. The fourth-order valence-electron chi connectivity index (χ4n) is 1.10. The Bertz CT molecular complexity index is 443. The highest BCUT2D eigenvalue weighted by atomic mass is 16.3. The monoisotopic (exact) mass is 230 g/mol. The maximum atomic E-state index is 10.8. The van der Waals surface area contributed by atoms with Gasteiger partial charge in [-0.2, -0.15) is 0 Å². The minimum absolute atomic E-state index is 0.263. The number of nitrogen functional groups attached to an aromatic ring is 1. The van der Waals surface area contributed by atoms with Gasteiger partial charge in [-0.3, -0.25) is 10.2 Å². The normalized spacial score (nSPS) is 8.76. The van der Waals surface area contributed by atoms with Crippen LogP contribution in [0.4, 0.5) is 0 Å². The Hall–Kier alpha value is -2.33. The van der Waals surface area contributed by atoms with Crippen LogP contribution in [-0.2, 0) is 0 Å². The molecule has 0 aromatic heterocycles. The van der Waals surface area contributed by atoms with Crippen LogP contribution in [-0.4, -0.2) is 11.0 Å². The topological polar surface area (TPSA) is 75.3 Å². The van der Waals surface area contributed by atoms with Gasteiger partial charge in [-0.15, -0.1) is 0 Å². The van der Waals surface area contributed by atoms with Crippen LogP contribution in [0.1, 0.15) is 10.4 Å². The molecule has 4 N–H and O–H groups in total. The zero-order chi connectivity index (χ0) is 12.5. The molecule has 0 saturated heterocycles. The van der Waals surface area contributed by atoms with Gasteiger partial charge in [0.05, 0.1) is 0 Å². The van der Waals surface area contributed by atoms with Crippen molar-refractivity contribution in [1.29, 1.82) is 0 Å². The summed E-state index contributed by atoms with van der Waals surface area (Å²) in [6.45, 7) is 0. The van der Waals surface area contributed by atoms with Crippen molar-refractivity contribution >= 4 is 5.91 Å². The number of carbonyl (C=O) groups excluding carboxylic acids is 1. The standard InChI is InChI=1S/C7H8N2O.C6H6O/c8-9-7(10)6-4-2-1-3-5-6;7-6-4-2-1-3-5-6/h1-5H,8H2,(H,9,10);1-5,7H. The third-order valence-corrected chi connectivity index (χ3v) is 1.92. The molecule has 2 aromatic carbocycles. The molecule has 0 bridgehead atoms. The van der Waals surface area contributed by atoms with E-state index in [1.807, 2.05) is 17.6 Å². The molecule has 0 unspecified atom stereocenters. The summed E-state index contributed by atoms with van der Waals surface area (Å²) >= 11 is 0. The molecule has 0 radical (unpaired) electrons. The highest BCUT2D eigenvalue weighted by Crippen LogP contribution is 2.02. The average Bonchev–Trinajstić information content (AvgIpc) is 2.40. The van der Waals surface area contributed by atoms with Gasteiger partial charge in [-0.05, 0) is 24.3 Å². The van der Waals surface area contributed by atoms with Crippen LogP contribution in [0, 0.1) is 0 Å². The predicted molar refractivity (Wildman–Crippen MR) is 66.2 cm³/mol. The lowest BCUT2D eigenvalue weighted by Crippen LogP contribution is -2.29. The number of para-hydroxylation sites is 1. The summed E-state index contributed by atoms with van der Waals surface area (Å²) in [5.41, 5.74) is 2.62. The smallest absolute Gasteiger partial charge is 0.265 e.